The second kappa shape index (κ2) is 7.86. The second-order valence-corrected chi connectivity index (χ2v) is 7.80. The summed E-state index contributed by atoms with van der Waals surface area (Å²) in [5.41, 5.74) is 0.946. The van der Waals surface area contributed by atoms with Crippen molar-refractivity contribution in [3.05, 3.63) is 11.9 Å². The van der Waals surface area contributed by atoms with E-state index in [1.807, 2.05) is 10.9 Å². The number of sulfone groups is 1. The Kier molecular flexibility index (Phi) is 6.13. The Bertz CT molecular complexity index is 528. The molecule has 0 amide bonds. The van der Waals surface area contributed by atoms with Crippen molar-refractivity contribution in [1.29, 1.82) is 0 Å². The number of hydrogen-bond donors (Lipinski definition) is 1. The molecule has 1 N–H and O–H groups in total. The summed E-state index contributed by atoms with van der Waals surface area (Å²) in [6.45, 7) is 6.90. The third kappa shape index (κ3) is 5.72. The molecular weight excluding hydrogens is 290 g/mol. The minimum atomic E-state index is -2.83. The highest BCUT2D eigenvalue weighted by molar-refractivity contribution is 7.91. The van der Waals surface area contributed by atoms with Crippen LogP contribution in [-0.4, -0.2) is 66.0 Å². The van der Waals surface area contributed by atoms with Crippen LogP contribution in [0.3, 0.4) is 0 Å². The molecule has 21 heavy (non-hydrogen) atoms. The Labute approximate surface area is 126 Å². The van der Waals surface area contributed by atoms with Crippen molar-refractivity contribution in [2.24, 2.45) is 0 Å². The number of rotatable bonds is 7. The highest BCUT2D eigenvalue weighted by atomic mass is 32.2. The highest BCUT2D eigenvalue weighted by Gasteiger charge is 2.18. The molecule has 2 heterocycles. The van der Waals surface area contributed by atoms with Crippen molar-refractivity contribution in [3.63, 3.8) is 0 Å². The molecule has 0 aromatic carbocycles. The van der Waals surface area contributed by atoms with Gasteiger partial charge in [-0.05, 0) is 25.9 Å². The Hall–Kier alpha value is -0.990. The van der Waals surface area contributed by atoms with E-state index in [0.717, 1.165) is 51.3 Å². The largest absolute Gasteiger partial charge is 0.311 e. The van der Waals surface area contributed by atoms with Crippen molar-refractivity contribution < 1.29 is 8.42 Å². The summed E-state index contributed by atoms with van der Waals surface area (Å²) in [7, 11) is -2.83. The molecule has 1 aliphatic rings. The topological polar surface area (TPSA) is 80.1 Å². The monoisotopic (exact) mass is 315 g/mol. The average molecular weight is 315 g/mol. The summed E-state index contributed by atoms with van der Waals surface area (Å²) >= 11 is 0. The zero-order valence-corrected chi connectivity index (χ0v) is 13.5. The number of hydrogen-bond acceptors (Lipinski definition) is 6. The predicted octanol–water partition coefficient (Wildman–Crippen LogP) is -0.102. The first-order chi connectivity index (χ1) is 10.1. The molecule has 1 aliphatic heterocycles. The van der Waals surface area contributed by atoms with Crippen LogP contribution in [0.4, 0.5) is 0 Å². The van der Waals surface area contributed by atoms with Crippen LogP contribution in [0.2, 0.25) is 0 Å². The van der Waals surface area contributed by atoms with Gasteiger partial charge < -0.3 is 10.2 Å². The SMILES string of the molecule is CCCNCc1cn(CCN2CCCS(=O)(=O)CC2)nn1. The average Bonchev–Trinajstić information content (AvgIpc) is 2.82. The second-order valence-electron chi connectivity index (χ2n) is 5.50. The lowest BCUT2D eigenvalue weighted by Gasteiger charge is -2.18. The summed E-state index contributed by atoms with van der Waals surface area (Å²) in [6, 6.07) is 0. The van der Waals surface area contributed by atoms with Gasteiger partial charge in [-0.15, -0.1) is 5.10 Å². The van der Waals surface area contributed by atoms with Gasteiger partial charge in [-0.3, -0.25) is 4.68 Å². The van der Waals surface area contributed by atoms with Gasteiger partial charge in [-0.25, -0.2) is 8.42 Å². The van der Waals surface area contributed by atoms with Crippen molar-refractivity contribution >= 4 is 9.84 Å². The van der Waals surface area contributed by atoms with E-state index in [9.17, 15) is 8.42 Å². The van der Waals surface area contributed by atoms with Crippen LogP contribution in [0.1, 0.15) is 25.5 Å². The highest BCUT2D eigenvalue weighted by Crippen LogP contribution is 2.05. The van der Waals surface area contributed by atoms with Gasteiger partial charge in [0.1, 0.15) is 0 Å². The van der Waals surface area contributed by atoms with Gasteiger partial charge >= 0.3 is 0 Å². The fourth-order valence-electron chi connectivity index (χ4n) is 2.38. The van der Waals surface area contributed by atoms with E-state index in [-0.39, 0.29) is 5.75 Å². The van der Waals surface area contributed by atoms with E-state index in [1.54, 1.807) is 0 Å². The maximum Gasteiger partial charge on any atom is 0.151 e. The zero-order valence-electron chi connectivity index (χ0n) is 12.7. The molecule has 1 aromatic heterocycles. The molecule has 7 nitrogen and oxygen atoms in total. The van der Waals surface area contributed by atoms with Gasteiger partial charge in [0.2, 0.25) is 0 Å². The Morgan fingerprint density at radius 2 is 2.14 bits per heavy atom. The van der Waals surface area contributed by atoms with Gasteiger partial charge in [0.05, 0.1) is 23.7 Å². The molecule has 0 aliphatic carbocycles. The molecule has 0 unspecified atom stereocenters. The van der Waals surface area contributed by atoms with Gasteiger partial charge in [0.15, 0.2) is 9.84 Å². The van der Waals surface area contributed by atoms with E-state index in [4.69, 9.17) is 0 Å². The van der Waals surface area contributed by atoms with Crippen molar-refractivity contribution in [2.75, 3.05) is 37.7 Å². The molecule has 1 saturated heterocycles. The molecule has 2 rings (SSSR count). The molecule has 0 atom stereocenters. The third-order valence-electron chi connectivity index (χ3n) is 3.61. The maximum atomic E-state index is 11.6. The molecule has 0 saturated carbocycles. The predicted molar refractivity (Wildman–Crippen MR) is 81.7 cm³/mol. The zero-order chi connectivity index (χ0) is 15.1. The Balaban J connectivity index is 1.75. The van der Waals surface area contributed by atoms with Crippen LogP contribution in [0.5, 0.6) is 0 Å². The number of nitrogens with zero attached hydrogens (tertiary/aromatic N) is 4. The molecule has 1 fully saturated rings. The molecular formula is C13H25N5O2S. The minimum absolute atomic E-state index is 0.274. The summed E-state index contributed by atoms with van der Waals surface area (Å²) in [4.78, 5) is 2.20. The van der Waals surface area contributed by atoms with E-state index in [1.165, 1.54) is 0 Å². The first-order valence-corrected chi connectivity index (χ1v) is 9.44. The fraction of sp³-hybridized carbons (Fsp3) is 0.846. The standard InChI is InChI=1S/C13H25N5O2S/c1-2-4-14-11-13-12-18(16-15-13)7-6-17-5-3-9-21(19,20)10-8-17/h12,14H,2-11H2,1H3. The van der Waals surface area contributed by atoms with Crippen molar-refractivity contribution in [2.45, 2.75) is 32.9 Å². The van der Waals surface area contributed by atoms with Crippen molar-refractivity contribution in [3.8, 4) is 0 Å². The van der Waals surface area contributed by atoms with Crippen LogP contribution in [-0.2, 0) is 22.9 Å². The normalized spacial score (nSPS) is 19.5. The minimum Gasteiger partial charge on any atom is -0.311 e. The molecule has 120 valence electrons. The quantitative estimate of drug-likeness (QED) is 0.708. The first-order valence-electron chi connectivity index (χ1n) is 7.61. The van der Waals surface area contributed by atoms with Crippen LogP contribution in [0, 0.1) is 0 Å². The summed E-state index contributed by atoms with van der Waals surface area (Å²) in [5, 5.41) is 11.5. The van der Waals surface area contributed by atoms with Gasteiger partial charge in [0, 0.05) is 25.8 Å². The molecule has 8 heteroatoms. The number of aromatic nitrogens is 3. The van der Waals surface area contributed by atoms with Crippen molar-refractivity contribution in [1.82, 2.24) is 25.2 Å². The van der Waals surface area contributed by atoms with Gasteiger partial charge in [-0.1, -0.05) is 12.1 Å². The lowest BCUT2D eigenvalue weighted by Crippen LogP contribution is -2.30. The van der Waals surface area contributed by atoms with Crippen LogP contribution < -0.4 is 5.32 Å². The molecule has 0 radical (unpaired) electrons. The fourth-order valence-corrected chi connectivity index (χ4v) is 3.69. The Morgan fingerprint density at radius 3 is 2.95 bits per heavy atom. The Morgan fingerprint density at radius 1 is 1.29 bits per heavy atom. The van der Waals surface area contributed by atoms with Crippen LogP contribution in [0.15, 0.2) is 6.20 Å². The molecule has 1 aromatic rings. The maximum absolute atomic E-state index is 11.6. The van der Waals surface area contributed by atoms with Gasteiger partial charge in [-0.2, -0.15) is 0 Å². The van der Waals surface area contributed by atoms with E-state index < -0.39 is 9.84 Å². The first kappa shape index (κ1) is 16.4. The van der Waals surface area contributed by atoms with Crippen LogP contribution in [0.25, 0.3) is 0 Å². The van der Waals surface area contributed by atoms with Crippen LogP contribution >= 0.6 is 0 Å². The van der Waals surface area contributed by atoms with Gasteiger partial charge in [0.25, 0.3) is 0 Å². The van der Waals surface area contributed by atoms with E-state index >= 15 is 0 Å². The number of nitrogens with one attached hydrogen (secondary N) is 1. The summed E-state index contributed by atoms with van der Waals surface area (Å²) in [5.74, 6) is 0.594. The summed E-state index contributed by atoms with van der Waals surface area (Å²) < 4.78 is 25.0. The molecule has 0 bridgehead atoms. The lowest BCUT2D eigenvalue weighted by molar-refractivity contribution is 0.276. The smallest absolute Gasteiger partial charge is 0.151 e. The van der Waals surface area contributed by atoms with E-state index in [0.29, 0.717) is 12.3 Å². The van der Waals surface area contributed by atoms with E-state index in [2.05, 4.69) is 27.5 Å². The summed E-state index contributed by atoms with van der Waals surface area (Å²) in [6.07, 6.45) is 3.79. The third-order valence-corrected chi connectivity index (χ3v) is 5.33. The lowest BCUT2D eigenvalue weighted by atomic mass is 10.4. The molecule has 0 spiro atoms.